The van der Waals surface area contributed by atoms with Gasteiger partial charge in [0.25, 0.3) is 0 Å². The lowest BCUT2D eigenvalue weighted by molar-refractivity contribution is 0.801. The summed E-state index contributed by atoms with van der Waals surface area (Å²) in [5, 5.41) is 15.9. The lowest BCUT2D eigenvalue weighted by Gasteiger charge is -2.32. The molecule has 0 bridgehead atoms. The van der Waals surface area contributed by atoms with Gasteiger partial charge >= 0.3 is 0 Å². The van der Waals surface area contributed by atoms with E-state index >= 15 is 0 Å². The lowest BCUT2D eigenvalue weighted by Crippen LogP contribution is -2.26. The quantitative estimate of drug-likeness (QED) is 0.156. The molecule has 0 fully saturated rings. The van der Waals surface area contributed by atoms with Crippen molar-refractivity contribution in [1.29, 1.82) is 0 Å². The number of hydrogen-bond donors (Lipinski definition) is 0. The molecule has 1 spiro atoms. The fourth-order valence-corrected chi connectivity index (χ4v) is 11.6. The predicted molar refractivity (Wildman–Crippen MR) is 259 cm³/mol. The lowest BCUT2D eigenvalue weighted by atomic mass is 9.68. The minimum atomic E-state index is -0.627. The highest BCUT2D eigenvalue weighted by Gasteiger charge is 2.51. The molecular weight excluding hydrogens is 733 g/mol. The Morgan fingerprint density at radius 3 is 0.623 bits per heavy atom. The van der Waals surface area contributed by atoms with Crippen LogP contribution in [0.1, 0.15) is 22.3 Å². The van der Waals surface area contributed by atoms with Gasteiger partial charge in [-0.3, -0.25) is 0 Å². The van der Waals surface area contributed by atoms with Gasteiger partial charge in [-0.2, -0.15) is 0 Å². The van der Waals surface area contributed by atoms with Crippen molar-refractivity contribution in [3.8, 4) is 44.5 Å². The molecule has 2 aliphatic carbocycles. The van der Waals surface area contributed by atoms with Gasteiger partial charge in [-0.15, -0.1) is 0 Å². The molecule has 2 aliphatic rings. The Morgan fingerprint density at radius 1 is 0.180 bits per heavy atom. The molecule has 0 heteroatoms. The third-order valence-electron chi connectivity index (χ3n) is 14.1. The van der Waals surface area contributed by atoms with Crippen molar-refractivity contribution in [2.75, 3.05) is 0 Å². The van der Waals surface area contributed by atoms with E-state index in [0.717, 1.165) is 0 Å². The van der Waals surface area contributed by atoms with E-state index in [0.29, 0.717) is 0 Å². The van der Waals surface area contributed by atoms with Crippen LogP contribution in [0, 0.1) is 0 Å². The van der Waals surface area contributed by atoms with E-state index in [1.54, 1.807) is 0 Å². The molecule has 0 aromatic heterocycles. The third kappa shape index (κ3) is 4.33. The fourth-order valence-electron chi connectivity index (χ4n) is 11.6. The molecule has 0 nitrogen and oxygen atoms in total. The van der Waals surface area contributed by atoms with E-state index in [1.807, 2.05) is 0 Å². The van der Waals surface area contributed by atoms with Gasteiger partial charge in [0, 0.05) is 0 Å². The van der Waals surface area contributed by atoms with Crippen LogP contribution >= 0.6 is 0 Å². The number of benzene rings is 12. The molecule has 0 unspecified atom stereocenters. The third-order valence-corrected chi connectivity index (χ3v) is 14.1. The van der Waals surface area contributed by atoms with Crippen molar-refractivity contribution in [2.45, 2.75) is 5.41 Å². The Labute approximate surface area is 353 Å². The average Bonchev–Trinajstić information content (AvgIpc) is 3.81. The smallest absolute Gasteiger partial charge is 0.0622 e. The van der Waals surface area contributed by atoms with Gasteiger partial charge in [0.1, 0.15) is 0 Å². The van der Waals surface area contributed by atoms with Crippen molar-refractivity contribution in [3.05, 3.63) is 241 Å². The zero-order valence-corrected chi connectivity index (χ0v) is 33.3. The minimum absolute atomic E-state index is 0.627. The first-order valence-corrected chi connectivity index (χ1v) is 21.4. The maximum atomic E-state index is 2.57. The van der Waals surface area contributed by atoms with Gasteiger partial charge in [0.2, 0.25) is 0 Å². The van der Waals surface area contributed by atoms with E-state index in [1.165, 1.54) is 131 Å². The largest absolute Gasteiger partial charge is 0.0727 e. The summed E-state index contributed by atoms with van der Waals surface area (Å²) in [6, 6.07) is 82.5. The maximum absolute atomic E-state index is 2.57. The van der Waals surface area contributed by atoms with Crippen molar-refractivity contribution < 1.29 is 0 Å². The molecule has 280 valence electrons. The zero-order chi connectivity index (χ0) is 39.8. The summed E-state index contributed by atoms with van der Waals surface area (Å²) in [4.78, 5) is 0. The maximum Gasteiger partial charge on any atom is 0.0727 e. The van der Waals surface area contributed by atoms with Crippen LogP contribution in [0.4, 0.5) is 0 Å². The van der Waals surface area contributed by atoms with Crippen LogP contribution in [0.15, 0.2) is 218 Å². The highest BCUT2D eigenvalue weighted by atomic mass is 14.5. The van der Waals surface area contributed by atoms with Crippen LogP contribution in [0.5, 0.6) is 0 Å². The van der Waals surface area contributed by atoms with Crippen molar-refractivity contribution >= 4 is 64.6 Å². The van der Waals surface area contributed by atoms with Crippen LogP contribution in [-0.4, -0.2) is 0 Å². The highest BCUT2D eigenvalue weighted by molar-refractivity contribution is 6.35. The molecule has 12 aromatic carbocycles. The van der Waals surface area contributed by atoms with Crippen molar-refractivity contribution in [1.82, 2.24) is 0 Å². The van der Waals surface area contributed by atoms with Crippen LogP contribution in [0.2, 0.25) is 0 Å². The molecule has 12 aromatic rings. The number of fused-ring (bicyclic) bond motifs is 10. The van der Waals surface area contributed by atoms with E-state index in [4.69, 9.17) is 0 Å². The Kier molecular flexibility index (Phi) is 6.58. The zero-order valence-electron chi connectivity index (χ0n) is 33.3. The van der Waals surface area contributed by atoms with Gasteiger partial charge in [-0.25, -0.2) is 0 Å². The molecule has 0 aliphatic heterocycles. The first-order valence-electron chi connectivity index (χ1n) is 21.4. The standard InChI is InChI=1S/C61H36/c1-5-17-37(18-6-1)41-29-49-45-25-13-14-26-46(45)50-30-42(38-19-7-2-8-20-38)34-54-58(50)57(49)53(33-41)61(54)55-35-43(39-21-9-3-10-22-39)31-51-47-27-15-16-28-48(47)52-32-44(40-23-11-4-12-24-40)36-56(61)60(52)59(51)55/h1-36H. The Hall–Kier alpha value is -7.80. The first-order chi connectivity index (χ1) is 30.3. The summed E-state index contributed by atoms with van der Waals surface area (Å²) in [5.41, 5.74) is 14.8. The van der Waals surface area contributed by atoms with Crippen molar-refractivity contribution in [2.24, 2.45) is 0 Å². The van der Waals surface area contributed by atoms with E-state index in [9.17, 15) is 0 Å². The van der Waals surface area contributed by atoms with Crippen LogP contribution < -0.4 is 0 Å². The number of hydrogen-bond acceptors (Lipinski definition) is 0. The van der Waals surface area contributed by atoms with Gasteiger partial charge < -0.3 is 0 Å². The summed E-state index contributed by atoms with van der Waals surface area (Å²) in [5.74, 6) is 0. The summed E-state index contributed by atoms with van der Waals surface area (Å²) in [6.07, 6.45) is 0. The molecule has 0 radical (unpaired) electrons. The molecule has 61 heavy (non-hydrogen) atoms. The second-order valence-electron chi connectivity index (χ2n) is 17.1. The summed E-state index contributed by atoms with van der Waals surface area (Å²) < 4.78 is 0. The molecule has 0 heterocycles. The summed E-state index contributed by atoms with van der Waals surface area (Å²) >= 11 is 0. The van der Waals surface area contributed by atoms with Crippen LogP contribution in [0.3, 0.4) is 0 Å². The first kappa shape index (κ1) is 33.1. The Bertz CT molecular complexity index is 3310. The summed E-state index contributed by atoms with van der Waals surface area (Å²) in [7, 11) is 0. The van der Waals surface area contributed by atoms with Crippen molar-refractivity contribution in [3.63, 3.8) is 0 Å². The van der Waals surface area contributed by atoms with Gasteiger partial charge in [-0.05, 0) is 180 Å². The monoisotopic (exact) mass is 768 g/mol. The molecule has 0 saturated carbocycles. The molecule has 0 atom stereocenters. The molecule has 0 N–H and O–H groups in total. The van der Waals surface area contributed by atoms with Crippen LogP contribution in [-0.2, 0) is 5.41 Å². The minimum Gasteiger partial charge on any atom is -0.0622 e. The van der Waals surface area contributed by atoms with E-state index < -0.39 is 5.41 Å². The summed E-state index contributed by atoms with van der Waals surface area (Å²) in [6.45, 7) is 0. The molecule has 0 saturated heterocycles. The molecular formula is C61H36. The van der Waals surface area contributed by atoms with Gasteiger partial charge in [0.05, 0.1) is 5.41 Å². The second-order valence-corrected chi connectivity index (χ2v) is 17.1. The van der Waals surface area contributed by atoms with Gasteiger partial charge in [0.15, 0.2) is 0 Å². The topological polar surface area (TPSA) is 0 Å². The molecule has 14 rings (SSSR count). The van der Waals surface area contributed by atoms with Crippen LogP contribution in [0.25, 0.3) is 109 Å². The van der Waals surface area contributed by atoms with Gasteiger partial charge in [-0.1, -0.05) is 170 Å². The predicted octanol–water partition coefficient (Wildman–Crippen LogP) is 16.3. The Balaban J connectivity index is 1.27. The number of rotatable bonds is 4. The Morgan fingerprint density at radius 2 is 0.393 bits per heavy atom. The van der Waals surface area contributed by atoms with E-state index in [-0.39, 0.29) is 0 Å². The highest BCUT2D eigenvalue weighted by Crippen LogP contribution is 2.65. The normalized spacial score (nSPS) is 13.4. The molecule has 0 amide bonds. The average molecular weight is 769 g/mol. The SMILES string of the molecule is c1ccc(-c2cc3c4c(c2)c2ccccc2c2cc(-c5ccccc5)cc(c24)C32c3cc(-c4ccccc4)cc4c5ccccc5c5cc(-c6ccccc6)cc2c5c34)cc1. The fraction of sp³-hybridized carbons (Fsp3) is 0.0164. The second kappa shape index (κ2) is 12.1. The van der Waals surface area contributed by atoms with E-state index in [2.05, 4.69) is 218 Å².